The number of benzene rings is 4. The molecule has 0 fully saturated rings. The third kappa shape index (κ3) is 26.2. The lowest BCUT2D eigenvalue weighted by Gasteiger charge is -2.33. The maximum absolute atomic E-state index is 12.3. The zero-order valence-electron chi connectivity index (χ0n) is 51.5. The van der Waals surface area contributed by atoms with E-state index in [1.54, 1.807) is 24.6 Å². The minimum Gasteiger partial charge on any atom is -0.390 e. The van der Waals surface area contributed by atoms with Crippen molar-refractivity contribution in [2.45, 2.75) is 49.7 Å². The number of aliphatic hydroxyl groups excluding tert-OH is 3. The first-order valence-corrected chi connectivity index (χ1v) is 31.6. The van der Waals surface area contributed by atoms with E-state index in [4.69, 9.17) is 101 Å². The van der Waals surface area contributed by atoms with E-state index < -0.39 is 36.5 Å². The second-order valence-electron chi connectivity index (χ2n) is 21.3. The molecular formula is C63H86Cl4N10O14. The van der Waals surface area contributed by atoms with Crippen molar-refractivity contribution in [3.05, 3.63) is 137 Å². The molecule has 4 aromatic rings. The van der Waals surface area contributed by atoms with Crippen LogP contribution in [0.1, 0.15) is 62.8 Å². The summed E-state index contributed by atoms with van der Waals surface area (Å²) in [4.78, 5) is 38.0. The highest BCUT2D eigenvalue weighted by Gasteiger charge is 2.32. The number of nitrogens with two attached hydrogens (primary N) is 2. The Morgan fingerprint density at radius 3 is 1.37 bits per heavy atom. The Balaban J connectivity index is 0.668. The van der Waals surface area contributed by atoms with Crippen LogP contribution >= 0.6 is 46.4 Å². The molecule has 0 saturated carbocycles. The number of amides is 2. The number of halogens is 4. The van der Waals surface area contributed by atoms with Crippen molar-refractivity contribution >= 4 is 82.1 Å². The molecule has 5 atom stereocenters. The lowest BCUT2D eigenvalue weighted by molar-refractivity contribution is -0.145. The Labute approximate surface area is 552 Å². The fourth-order valence-corrected chi connectivity index (χ4v) is 11.1. The molecule has 91 heavy (non-hydrogen) atoms. The summed E-state index contributed by atoms with van der Waals surface area (Å²) in [6.45, 7) is 9.18. The number of ether oxygens (including phenoxy) is 9. The second-order valence-corrected chi connectivity index (χ2v) is 23.0. The topological polar surface area (TPSA) is 310 Å². The van der Waals surface area contributed by atoms with E-state index in [0.717, 1.165) is 70.7 Å². The Kier molecular flexibility index (Phi) is 34.6. The Bertz CT molecular complexity index is 2990. The van der Waals surface area contributed by atoms with E-state index in [0.29, 0.717) is 130 Å². The van der Waals surface area contributed by atoms with Gasteiger partial charge in [0.2, 0.25) is 5.91 Å². The number of fused-ring (bicyclic) bond motifs is 2. The van der Waals surface area contributed by atoms with E-state index in [1.165, 1.54) is 0 Å². The van der Waals surface area contributed by atoms with E-state index >= 15 is 0 Å². The van der Waals surface area contributed by atoms with Crippen molar-refractivity contribution in [3.8, 4) is 0 Å². The zero-order chi connectivity index (χ0) is 65.2. The molecule has 0 aromatic heterocycles. The maximum atomic E-state index is 12.3. The summed E-state index contributed by atoms with van der Waals surface area (Å²) in [6.07, 6.45) is -2.94. The number of aliphatic hydroxyl groups is 3. The average molecular weight is 1350 g/mol. The van der Waals surface area contributed by atoms with E-state index in [1.807, 2.05) is 36.4 Å². The minimum atomic E-state index is -2.01. The predicted octanol–water partition coefficient (Wildman–Crippen LogP) is 4.43. The lowest BCUT2D eigenvalue weighted by atomic mass is 9.84. The Morgan fingerprint density at radius 1 is 0.560 bits per heavy atom. The number of hydrazone groups is 2. The standard InChI is InChI=1S/C63H86Cl4N10O14/c1-76-38-51(49-31-47(64)33-55(66)53(49)40-76)43-5-3-7-45(29-43)57(74-68)36-70-9-12-83-15-18-86-21-22-88-20-17-85-14-11-72-60(79)35-59(78)61(80)62(81)63(82)73-42-91-28-27-90-26-25-89-24-23-87-19-16-84-13-10-71-37-58(75-69)46-8-4-6-44(30-46)52-39-77(2)41-54-50(52)32-48(65)34-56(54)67/h3-8,29-34,36-37,51-52,59,61-62,78,80-81H,9-28,35,38-42,68-69H2,1-2H3,(H,72,79)(H,73,82)/t51-,52-,59+,61+,62-/m0/s1. The summed E-state index contributed by atoms with van der Waals surface area (Å²) in [6, 6.07) is 23.7. The first-order valence-electron chi connectivity index (χ1n) is 30.0. The molecule has 2 amide bonds. The van der Waals surface area contributed by atoms with E-state index in [-0.39, 0.29) is 51.5 Å². The summed E-state index contributed by atoms with van der Waals surface area (Å²) < 4.78 is 49.6. The second kappa shape index (κ2) is 42.1. The first kappa shape index (κ1) is 74.7. The molecule has 500 valence electrons. The predicted molar refractivity (Wildman–Crippen MR) is 351 cm³/mol. The van der Waals surface area contributed by atoms with Gasteiger partial charge in [-0.15, -0.1) is 0 Å². The van der Waals surface area contributed by atoms with Gasteiger partial charge in [0.25, 0.3) is 5.91 Å². The molecule has 9 N–H and O–H groups in total. The van der Waals surface area contributed by atoms with Crippen LogP contribution in [0.3, 0.4) is 0 Å². The largest absolute Gasteiger partial charge is 0.390 e. The van der Waals surface area contributed by atoms with Gasteiger partial charge in [-0.25, -0.2) is 0 Å². The van der Waals surface area contributed by atoms with Crippen LogP contribution in [0, 0.1) is 0 Å². The van der Waals surface area contributed by atoms with Crippen LogP contribution < -0.4 is 22.3 Å². The van der Waals surface area contributed by atoms with Gasteiger partial charge in [-0.3, -0.25) is 19.6 Å². The normalized spacial score (nSPS) is 16.7. The van der Waals surface area contributed by atoms with Gasteiger partial charge in [0.15, 0.2) is 6.10 Å². The summed E-state index contributed by atoms with van der Waals surface area (Å²) >= 11 is 25.9. The molecule has 0 unspecified atom stereocenters. The van der Waals surface area contributed by atoms with E-state index in [2.05, 4.69) is 79.0 Å². The average Bonchev–Trinajstić information content (AvgIpc) is 0.837. The number of rotatable bonds is 43. The van der Waals surface area contributed by atoms with E-state index in [9.17, 15) is 24.9 Å². The van der Waals surface area contributed by atoms with Crippen LogP contribution in [-0.4, -0.2) is 245 Å². The van der Waals surface area contributed by atoms with Crippen molar-refractivity contribution in [1.29, 1.82) is 0 Å². The summed E-state index contributed by atoms with van der Waals surface area (Å²) in [5.41, 5.74) is 9.38. The first-order chi connectivity index (χ1) is 44.2. The van der Waals surface area contributed by atoms with Gasteiger partial charge in [0.05, 0.1) is 138 Å². The molecule has 0 radical (unpaired) electrons. The maximum Gasteiger partial charge on any atom is 0.253 e. The van der Waals surface area contributed by atoms with Gasteiger partial charge >= 0.3 is 0 Å². The minimum absolute atomic E-state index is 0.0756. The van der Waals surface area contributed by atoms with Crippen LogP contribution in [0.5, 0.6) is 0 Å². The molecule has 0 saturated heterocycles. The third-order valence-electron chi connectivity index (χ3n) is 14.5. The molecule has 24 nitrogen and oxygen atoms in total. The molecule has 4 aromatic carbocycles. The van der Waals surface area contributed by atoms with Gasteiger partial charge in [-0.1, -0.05) is 82.8 Å². The summed E-state index contributed by atoms with van der Waals surface area (Å²) in [7, 11) is 4.14. The van der Waals surface area contributed by atoms with Crippen LogP contribution in [0.2, 0.25) is 20.1 Å². The molecule has 2 heterocycles. The monoisotopic (exact) mass is 1350 g/mol. The SMILES string of the molecule is CN1Cc2c(Cl)cc(Cl)cc2[C@H](c2cccc(C(C=NCCOCCOCCOCCOCCNC(=O)C[C@@H](O)[C@@H](O)[C@H](O)C(=O)NCOCCOCCOCCOCCOCCN=CC(=NN)c3cccc([C@@H]4CN(C)Cc5c(Cl)cc(Cl)cc54)c3)=NN)c2)C1. The number of aliphatic imine (C=N–C) groups is 2. The highest BCUT2D eigenvalue weighted by atomic mass is 35.5. The molecule has 0 bridgehead atoms. The molecule has 6 rings (SSSR count). The lowest BCUT2D eigenvalue weighted by Crippen LogP contribution is -2.49. The fourth-order valence-electron chi connectivity index (χ4n) is 9.94. The van der Waals surface area contributed by atoms with Gasteiger partial charge in [-0.05, 0) is 83.9 Å². The zero-order valence-corrected chi connectivity index (χ0v) is 54.6. The summed E-state index contributed by atoms with van der Waals surface area (Å²) in [5, 5.41) is 46.1. The molecule has 28 heteroatoms. The quantitative estimate of drug-likeness (QED) is 0.0106. The van der Waals surface area contributed by atoms with Crippen LogP contribution in [0.25, 0.3) is 0 Å². The fraction of sp³-hybridized carbons (Fsp3) is 0.524. The highest BCUT2D eigenvalue weighted by Crippen LogP contribution is 2.40. The third-order valence-corrected chi connectivity index (χ3v) is 15.6. The number of hydrogen-bond acceptors (Lipinski definition) is 22. The van der Waals surface area contributed by atoms with Gasteiger partial charge in [0.1, 0.15) is 24.3 Å². The smallest absolute Gasteiger partial charge is 0.253 e. The number of carbonyl (C=O) groups excluding carboxylic acids is 2. The molecular weight excluding hydrogens is 1260 g/mol. The number of nitrogens with one attached hydrogen (secondary N) is 2. The summed E-state index contributed by atoms with van der Waals surface area (Å²) in [5.74, 6) is 10.1. The Hall–Kier alpha value is -5.30. The van der Waals surface area contributed by atoms with Crippen molar-refractivity contribution in [2.75, 3.05) is 166 Å². The van der Waals surface area contributed by atoms with Gasteiger partial charge in [0, 0.05) is 88.2 Å². The molecule has 0 spiro atoms. The number of nitrogens with zero attached hydrogens (tertiary/aromatic N) is 6. The van der Waals surface area contributed by atoms with Crippen molar-refractivity contribution in [1.82, 2.24) is 20.4 Å². The molecule has 2 aliphatic heterocycles. The number of carbonyl (C=O) groups is 2. The van der Waals surface area contributed by atoms with Crippen LogP contribution in [0.15, 0.2) is 93.0 Å². The van der Waals surface area contributed by atoms with Gasteiger partial charge in [-0.2, -0.15) is 10.2 Å². The van der Waals surface area contributed by atoms with Crippen molar-refractivity contribution in [2.24, 2.45) is 31.9 Å². The highest BCUT2D eigenvalue weighted by molar-refractivity contribution is 6.39. The molecule has 0 aliphatic carbocycles. The van der Waals surface area contributed by atoms with Crippen LogP contribution in [0.4, 0.5) is 0 Å². The number of hydrogen-bond donors (Lipinski definition) is 7. The van der Waals surface area contributed by atoms with Crippen molar-refractivity contribution < 1.29 is 67.5 Å². The molecule has 2 aliphatic rings. The van der Waals surface area contributed by atoms with Crippen LogP contribution in [-0.2, 0) is 65.3 Å². The van der Waals surface area contributed by atoms with Gasteiger partial charge < -0.3 is 90.1 Å². The Morgan fingerprint density at radius 2 is 0.956 bits per heavy atom. The van der Waals surface area contributed by atoms with Crippen molar-refractivity contribution in [3.63, 3.8) is 0 Å². The number of likely N-dealkylation sites (N-methyl/N-ethyl adjacent to an activating group) is 2.